The van der Waals surface area contributed by atoms with Gasteiger partial charge in [-0.2, -0.15) is 0 Å². The summed E-state index contributed by atoms with van der Waals surface area (Å²) < 4.78 is 16.0. The molecule has 110 valence electrons. The fraction of sp³-hybridized carbons (Fsp3) is 1.00. The van der Waals surface area contributed by atoms with Gasteiger partial charge in [-0.1, -0.05) is 0 Å². The summed E-state index contributed by atoms with van der Waals surface area (Å²) in [5.74, 6) is 4.85. The molecule has 0 bridgehead atoms. The van der Waals surface area contributed by atoms with E-state index in [-0.39, 0.29) is 0 Å². The van der Waals surface area contributed by atoms with Crippen molar-refractivity contribution in [2.75, 3.05) is 59.5 Å². The first-order valence-electron chi connectivity index (χ1n) is 6.37. The number of ether oxygens (including phenoxy) is 3. The minimum Gasteiger partial charge on any atom is -0.379 e. The van der Waals surface area contributed by atoms with E-state index in [0.717, 1.165) is 19.4 Å². The molecular weight excluding hydrogens is 238 g/mol. The van der Waals surface area contributed by atoms with E-state index in [0.29, 0.717) is 52.9 Å². The highest BCUT2D eigenvalue weighted by Gasteiger charge is 1.92. The lowest BCUT2D eigenvalue weighted by atomic mass is 10.4. The Bertz CT molecular complexity index is 136. The van der Waals surface area contributed by atoms with Gasteiger partial charge in [0.05, 0.1) is 26.4 Å². The van der Waals surface area contributed by atoms with E-state index in [9.17, 15) is 0 Å². The standard InChI is InChI=1S/C11H27N3O4/c12-3-1-5-15-7-9-17-10-8-16-6-2-4-14-11-18-13/h14H,1-13H2. The molecule has 0 unspecified atom stereocenters. The predicted octanol–water partition coefficient (Wildman–Crippen LogP) is -0.787. The molecule has 0 aliphatic rings. The Kier molecular flexibility index (Phi) is 16.5. The minimum atomic E-state index is 0.368. The first kappa shape index (κ1) is 17.7. The van der Waals surface area contributed by atoms with Crippen LogP contribution in [0.2, 0.25) is 0 Å². The fourth-order valence-electron chi connectivity index (χ4n) is 1.16. The van der Waals surface area contributed by atoms with Gasteiger partial charge in [0.1, 0.15) is 6.73 Å². The zero-order chi connectivity index (χ0) is 13.3. The lowest BCUT2D eigenvalue weighted by Gasteiger charge is -2.07. The normalized spacial score (nSPS) is 11.0. The van der Waals surface area contributed by atoms with Crippen molar-refractivity contribution in [3.05, 3.63) is 0 Å². The topological polar surface area (TPSA) is 101 Å². The summed E-state index contributed by atoms with van der Waals surface area (Å²) in [6, 6.07) is 0. The van der Waals surface area contributed by atoms with Crippen LogP contribution in [0.3, 0.4) is 0 Å². The maximum absolute atomic E-state index is 5.36. The van der Waals surface area contributed by atoms with Crippen molar-refractivity contribution in [2.45, 2.75) is 12.8 Å². The Labute approximate surface area is 109 Å². The van der Waals surface area contributed by atoms with Crippen molar-refractivity contribution in [3.63, 3.8) is 0 Å². The zero-order valence-corrected chi connectivity index (χ0v) is 11.1. The highest BCUT2D eigenvalue weighted by atomic mass is 16.6. The molecular formula is C11H27N3O4. The molecule has 0 aliphatic heterocycles. The van der Waals surface area contributed by atoms with Crippen molar-refractivity contribution < 1.29 is 19.0 Å². The molecule has 7 nitrogen and oxygen atoms in total. The van der Waals surface area contributed by atoms with Crippen LogP contribution in [0, 0.1) is 0 Å². The highest BCUT2D eigenvalue weighted by molar-refractivity contribution is 4.41. The third-order valence-electron chi connectivity index (χ3n) is 2.06. The van der Waals surface area contributed by atoms with E-state index in [4.69, 9.17) is 25.8 Å². The van der Waals surface area contributed by atoms with Gasteiger partial charge in [-0.05, 0) is 25.9 Å². The first-order chi connectivity index (χ1) is 8.91. The minimum absolute atomic E-state index is 0.368. The quantitative estimate of drug-likeness (QED) is 0.203. The number of nitrogens with two attached hydrogens (primary N) is 2. The Morgan fingerprint density at radius 2 is 1.33 bits per heavy atom. The van der Waals surface area contributed by atoms with Crippen LogP contribution >= 0.6 is 0 Å². The van der Waals surface area contributed by atoms with E-state index in [1.165, 1.54) is 0 Å². The molecule has 0 aromatic rings. The second kappa shape index (κ2) is 16.7. The van der Waals surface area contributed by atoms with Crippen LogP contribution in [-0.4, -0.2) is 59.5 Å². The van der Waals surface area contributed by atoms with Crippen LogP contribution < -0.4 is 16.9 Å². The van der Waals surface area contributed by atoms with Gasteiger partial charge in [-0.3, -0.25) is 10.2 Å². The summed E-state index contributed by atoms with van der Waals surface area (Å²) in [7, 11) is 0. The Morgan fingerprint density at radius 3 is 1.89 bits per heavy atom. The van der Waals surface area contributed by atoms with E-state index in [1.807, 2.05) is 0 Å². The van der Waals surface area contributed by atoms with Crippen molar-refractivity contribution in [1.82, 2.24) is 5.32 Å². The molecule has 0 heterocycles. The summed E-state index contributed by atoms with van der Waals surface area (Å²) in [4.78, 5) is 4.36. The van der Waals surface area contributed by atoms with Crippen LogP contribution in [-0.2, 0) is 19.0 Å². The molecule has 0 aromatic carbocycles. The van der Waals surface area contributed by atoms with Gasteiger partial charge in [0.25, 0.3) is 0 Å². The lowest BCUT2D eigenvalue weighted by molar-refractivity contribution is 0.0137. The maximum atomic E-state index is 5.36. The van der Waals surface area contributed by atoms with Crippen molar-refractivity contribution in [1.29, 1.82) is 0 Å². The third kappa shape index (κ3) is 15.7. The lowest BCUT2D eigenvalue weighted by Crippen LogP contribution is -2.22. The Hall–Kier alpha value is -0.280. The molecule has 0 spiro atoms. The van der Waals surface area contributed by atoms with E-state index in [1.54, 1.807) is 0 Å². The van der Waals surface area contributed by atoms with Crippen molar-refractivity contribution in [2.24, 2.45) is 11.6 Å². The maximum Gasteiger partial charge on any atom is 0.118 e. The van der Waals surface area contributed by atoms with E-state index in [2.05, 4.69) is 10.2 Å². The summed E-state index contributed by atoms with van der Waals surface area (Å²) >= 11 is 0. The molecule has 7 heteroatoms. The van der Waals surface area contributed by atoms with Gasteiger partial charge in [0, 0.05) is 13.2 Å². The largest absolute Gasteiger partial charge is 0.379 e. The number of rotatable bonds is 15. The average Bonchev–Trinajstić information content (AvgIpc) is 2.39. The van der Waals surface area contributed by atoms with E-state index < -0.39 is 0 Å². The Morgan fingerprint density at radius 1 is 0.778 bits per heavy atom. The van der Waals surface area contributed by atoms with Gasteiger partial charge >= 0.3 is 0 Å². The monoisotopic (exact) mass is 265 g/mol. The summed E-state index contributed by atoms with van der Waals surface area (Å²) in [6.45, 7) is 5.69. The van der Waals surface area contributed by atoms with Gasteiger partial charge < -0.3 is 19.9 Å². The SMILES string of the molecule is NCCCOCCOCCOCCCNCON. The molecule has 0 aliphatic carbocycles. The van der Waals surface area contributed by atoms with E-state index >= 15 is 0 Å². The second-order valence-corrected chi connectivity index (χ2v) is 3.64. The molecule has 18 heavy (non-hydrogen) atoms. The second-order valence-electron chi connectivity index (χ2n) is 3.64. The summed E-state index contributed by atoms with van der Waals surface area (Å²) in [5, 5.41) is 2.99. The van der Waals surface area contributed by atoms with Gasteiger partial charge in [0.15, 0.2) is 0 Å². The molecule has 0 aromatic heterocycles. The molecule has 5 N–H and O–H groups in total. The van der Waals surface area contributed by atoms with Gasteiger partial charge in [0.2, 0.25) is 0 Å². The predicted molar refractivity (Wildman–Crippen MR) is 68.9 cm³/mol. The summed E-state index contributed by atoms with van der Waals surface area (Å²) in [5.41, 5.74) is 5.33. The van der Waals surface area contributed by atoms with Crippen LogP contribution in [0.4, 0.5) is 0 Å². The van der Waals surface area contributed by atoms with Crippen LogP contribution in [0.5, 0.6) is 0 Å². The fourth-order valence-corrected chi connectivity index (χ4v) is 1.16. The molecule has 0 saturated carbocycles. The van der Waals surface area contributed by atoms with Crippen LogP contribution in [0.15, 0.2) is 0 Å². The molecule has 0 rings (SSSR count). The number of hydrogen-bond donors (Lipinski definition) is 3. The highest BCUT2D eigenvalue weighted by Crippen LogP contribution is 1.84. The molecule has 0 atom stereocenters. The van der Waals surface area contributed by atoms with Crippen LogP contribution in [0.25, 0.3) is 0 Å². The number of hydrogen-bond acceptors (Lipinski definition) is 7. The smallest absolute Gasteiger partial charge is 0.118 e. The number of nitrogens with one attached hydrogen (secondary N) is 1. The first-order valence-corrected chi connectivity index (χ1v) is 6.37. The van der Waals surface area contributed by atoms with Crippen molar-refractivity contribution >= 4 is 0 Å². The zero-order valence-electron chi connectivity index (χ0n) is 11.1. The molecule has 0 fully saturated rings. The van der Waals surface area contributed by atoms with Crippen molar-refractivity contribution in [3.8, 4) is 0 Å². The molecule has 0 saturated heterocycles. The average molecular weight is 265 g/mol. The Balaban J connectivity index is 2.86. The van der Waals surface area contributed by atoms with Crippen LogP contribution in [0.1, 0.15) is 12.8 Å². The van der Waals surface area contributed by atoms with Gasteiger partial charge in [-0.25, -0.2) is 5.90 Å². The van der Waals surface area contributed by atoms with Gasteiger partial charge in [-0.15, -0.1) is 0 Å². The third-order valence-corrected chi connectivity index (χ3v) is 2.06. The molecule has 0 radical (unpaired) electrons. The molecule has 0 amide bonds. The summed E-state index contributed by atoms with van der Waals surface area (Å²) in [6.07, 6.45) is 1.82.